The molecule has 5 nitrogen and oxygen atoms in total. The molecule has 158 valence electrons. The highest BCUT2D eigenvalue weighted by Gasteiger charge is 2.36. The minimum atomic E-state index is -4.60. The number of benzene rings is 1. The summed E-state index contributed by atoms with van der Waals surface area (Å²) in [7, 11) is 0. The van der Waals surface area contributed by atoms with Gasteiger partial charge in [0.25, 0.3) is 0 Å². The summed E-state index contributed by atoms with van der Waals surface area (Å²) in [5, 5.41) is 2.52. The molecular formula is C21H26F3N3O2. The fraction of sp³-hybridized carbons (Fsp3) is 0.429. The van der Waals surface area contributed by atoms with Gasteiger partial charge < -0.3 is 15.8 Å². The summed E-state index contributed by atoms with van der Waals surface area (Å²) < 4.78 is 46.6. The number of pyridine rings is 1. The van der Waals surface area contributed by atoms with Crippen molar-refractivity contribution in [1.29, 1.82) is 0 Å². The lowest BCUT2D eigenvalue weighted by Crippen LogP contribution is -2.43. The Labute approximate surface area is 168 Å². The van der Waals surface area contributed by atoms with E-state index in [1.165, 1.54) is 31.3 Å². The molecule has 0 aliphatic heterocycles. The van der Waals surface area contributed by atoms with Gasteiger partial charge in [0.05, 0.1) is 5.56 Å². The van der Waals surface area contributed by atoms with Crippen molar-refractivity contribution in [3.8, 4) is 16.9 Å². The molecular weight excluding hydrogens is 383 g/mol. The van der Waals surface area contributed by atoms with Crippen LogP contribution in [-0.2, 0) is 11.0 Å². The number of alkyl halides is 3. The highest BCUT2D eigenvalue weighted by molar-refractivity contribution is 5.88. The molecule has 3 N–H and O–H groups in total. The number of ether oxygens (including phenoxy) is 1. The second-order valence-corrected chi connectivity index (χ2v) is 7.83. The van der Waals surface area contributed by atoms with Crippen molar-refractivity contribution < 1.29 is 22.7 Å². The van der Waals surface area contributed by atoms with Gasteiger partial charge >= 0.3 is 6.18 Å². The molecule has 0 aliphatic rings. The first kappa shape index (κ1) is 22.7. The maximum atomic E-state index is 13.6. The molecule has 0 bridgehead atoms. The summed E-state index contributed by atoms with van der Waals surface area (Å²) in [5.74, 6) is -0.115. The second-order valence-electron chi connectivity index (χ2n) is 7.83. The number of carbonyl (C=O) groups is 1. The van der Waals surface area contributed by atoms with Crippen molar-refractivity contribution in [1.82, 2.24) is 4.98 Å². The van der Waals surface area contributed by atoms with Crippen molar-refractivity contribution >= 4 is 11.7 Å². The van der Waals surface area contributed by atoms with E-state index in [9.17, 15) is 18.0 Å². The van der Waals surface area contributed by atoms with Crippen LogP contribution in [0.4, 0.5) is 19.0 Å². The predicted molar refractivity (Wildman–Crippen MR) is 107 cm³/mol. The maximum Gasteiger partial charge on any atom is 0.419 e. The van der Waals surface area contributed by atoms with E-state index in [4.69, 9.17) is 10.5 Å². The molecule has 0 radical (unpaired) electrons. The number of para-hydroxylation sites is 1. The average molecular weight is 409 g/mol. The summed E-state index contributed by atoms with van der Waals surface area (Å²) in [5.41, 5.74) is 5.24. The third-order valence-corrected chi connectivity index (χ3v) is 4.12. The molecule has 1 aromatic carbocycles. The Morgan fingerprint density at radius 3 is 2.55 bits per heavy atom. The van der Waals surface area contributed by atoms with Crippen molar-refractivity contribution in [3.63, 3.8) is 0 Å². The quantitative estimate of drug-likeness (QED) is 0.684. The van der Waals surface area contributed by atoms with Crippen LogP contribution in [0.1, 0.15) is 39.7 Å². The number of carbonyl (C=O) groups excluding carboxylic acids is 1. The summed E-state index contributed by atoms with van der Waals surface area (Å²) in [6.45, 7) is 6.98. The van der Waals surface area contributed by atoms with Crippen molar-refractivity contribution in [2.24, 2.45) is 11.7 Å². The Kier molecular flexibility index (Phi) is 6.89. The highest BCUT2D eigenvalue weighted by Crippen LogP contribution is 2.42. The van der Waals surface area contributed by atoms with Gasteiger partial charge in [-0.1, -0.05) is 26.0 Å². The van der Waals surface area contributed by atoms with E-state index >= 15 is 0 Å². The number of halogens is 3. The van der Waals surface area contributed by atoms with E-state index < -0.39 is 17.3 Å². The van der Waals surface area contributed by atoms with Crippen LogP contribution in [0.3, 0.4) is 0 Å². The van der Waals surface area contributed by atoms with Crippen LogP contribution in [-0.4, -0.2) is 23.0 Å². The van der Waals surface area contributed by atoms with Gasteiger partial charge in [0.15, 0.2) is 0 Å². The zero-order chi connectivity index (χ0) is 21.8. The predicted octanol–water partition coefficient (Wildman–Crippen LogP) is 4.87. The molecule has 29 heavy (non-hydrogen) atoms. The summed E-state index contributed by atoms with van der Waals surface area (Å²) in [4.78, 5) is 15.3. The molecule has 2 aromatic rings. The number of hydrogen-bond donors (Lipinski definition) is 2. The first-order valence-corrected chi connectivity index (χ1v) is 9.25. The molecule has 1 atom stereocenters. The van der Waals surface area contributed by atoms with Crippen molar-refractivity contribution in [2.45, 2.75) is 45.8 Å². The first-order valence-electron chi connectivity index (χ1n) is 9.25. The van der Waals surface area contributed by atoms with Crippen LogP contribution >= 0.6 is 0 Å². The van der Waals surface area contributed by atoms with Crippen molar-refractivity contribution in [3.05, 3.63) is 42.1 Å². The number of nitrogens with zero attached hydrogens (tertiary/aromatic N) is 1. The number of nitrogens with two attached hydrogens (primary N) is 1. The van der Waals surface area contributed by atoms with E-state index in [2.05, 4.69) is 10.3 Å². The number of anilines is 1. The average Bonchev–Trinajstić information content (AvgIpc) is 2.57. The molecule has 0 aliphatic carbocycles. The highest BCUT2D eigenvalue weighted by atomic mass is 19.4. The fourth-order valence-electron chi connectivity index (χ4n) is 3.22. The van der Waals surface area contributed by atoms with Gasteiger partial charge in [-0.15, -0.1) is 0 Å². The van der Waals surface area contributed by atoms with Gasteiger partial charge in [-0.2, -0.15) is 13.2 Å². The number of hydrogen-bond acceptors (Lipinski definition) is 4. The molecule has 0 saturated carbocycles. The van der Waals surface area contributed by atoms with E-state index in [0.717, 1.165) is 6.07 Å². The summed E-state index contributed by atoms with van der Waals surface area (Å²) in [6.07, 6.45) is -2.59. The molecule has 2 rings (SSSR count). The monoisotopic (exact) mass is 409 g/mol. The largest absolute Gasteiger partial charge is 0.490 e. The molecule has 1 amide bonds. The molecule has 1 unspecified atom stereocenters. The molecule has 1 aromatic heterocycles. The lowest BCUT2D eigenvalue weighted by Gasteiger charge is -2.28. The topological polar surface area (TPSA) is 77.2 Å². The Morgan fingerprint density at radius 1 is 1.28 bits per heavy atom. The number of aromatic nitrogens is 1. The number of rotatable bonds is 7. The first-order chi connectivity index (χ1) is 13.4. The standard InChI is InChI=1S/C21H26F3N3O2/c1-13(2)11-20(4,25)12-29-19-16(6-5-7-17(19)21(22,23)24)15-8-9-26-18(10-15)27-14(3)28/h5-10,13H,11-12,25H2,1-4H3,(H,26,27,28). The van der Waals surface area contributed by atoms with E-state index in [1.807, 2.05) is 13.8 Å². The van der Waals surface area contributed by atoms with Crippen LogP contribution in [0.5, 0.6) is 5.75 Å². The molecule has 8 heteroatoms. The van der Waals surface area contributed by atoms with Crippen LogP contribution in [0.25, 0.3) is 11.1 Å². The van der Waals surface area contributed by atoms with Crippen LogP contribution in [0, 0.1) is 5.92 Å². The number of amides is 1. The zero-order valence-electron chi connectivity index (χ0n) is 16.9. The number of nitrogens with one attached hydrogen (secondary N) is 1. The van der Waals surface area contributed by atoms with Gasteiger partial charge in [0.1, 0.15) is 18.2 Å². The third-order valence-electron chi connectivity index (χ3n) is 4.12. The SMILES string of the molecule is CC(=O)Nc1cc(-c2cccc(C(F)(F)F)c2OCC(C)(N)CC(C)C)ccn1. The van der Waals surface area contributed by atoms with E-state index in [1.54, 1.807) is 13.0 Å². The van der Waals surface area contributed by atoms with Crippen LogP contribution in [0.15, 0.2) is 36.5 Å². The van der Waals surface area contributed by atoms with Crippen molar-refractivity contribution in [2.75, 3.05) is 11.9 Å². The third kappa shape index (κ3) is 6.45. The lowest BCUT2D eigenvalue weighted by atomic mass is 9.92. The minimum Gasteiger partial charge on any atom is -0.490 e. The van der Waals surface area contributed by atoms with Gasteiger partial charge in [0.2, 0.25) is 5.91 Å². The normalized spacial score (nSPS) is 13.8. The van der Waals surface area contributed by atoms with Crippen LogP contribution in [0.2, 0.25) is 0 Å². The molecule has 1 heterocycles. The van der Waals surface area contributed by atoms with E-state index in [0.29, 0.717) is 12.0 Å². The van der Waals surface area contributed by atoms with E-state index in [-0.39, 0.29) is 35.6 Å². The Hall–Kier alpha value is -2.61. The van der Waals surface area contributed by atoms with Crippen LogP contribution < -0.4 is 15.8 Å². The maximum absolute atomic E-state index is 13.6. The summed E-state index contributed by atoms with van der Waals surface area (Å²) in [6, 6.07) is 6.89. The molecule has 0 saturated heterocycles. The second kappa shape index (κ2) is 8.82. The van der Waals surface area contributed by atoms with Gasteiger partial charge in [-0.3, -0.25) is 4.79 Å². The van der Waals surface area contributed by atoms with Gasteiger partial charge in [-0.25, -0.2) is 4.98 Å². The lowest BCUT2D eigenvalue weighted by molar-refractivity contribution is -0.139. The zero-order valence-corrected chi connectivity index (χ0v) is 16.9. The summed E-state index contributed by atoms with van der Waals surface area (Å²) >= 11 is 0. The Morgan fingerprint density at radius 2 is 1.97 bits per heavy atom. The Bertz CT molecular complexity index is 864. The smallest absolute Gasteiger partial charge is 0.419 e. The van der Waals surface area contributed by atoms with Gasteiger partial charge in [0, 0.05) is 24.2 Å². The molecule has 0 fully saturated rings. The fourth-order valence-corrected chi connectivity index (χ4v) is 3.22. The minimum absolute atomic E-state index is 0.0745. The molecule has 0 spiro atoms. The van der Waals surface area contributed by atoms with Gasteiger partial charge in [-0.05, 0) is 43.0 Å². The Balaban J connectivity index is 2.49.